The fraction of sp³-hybridized carbons (Fsp3) is 0.273. The van der Waals surface area contributed by atoms with Crippen molar-refractivity contribution >= 4 is 37.4 Å². The highest BCUT2D eigenvalue weighted by atomic mass is 79.9. The van der Waals surface area contributed by atoms with Gasteiger partial charge in [-0.15, -0.1) is 11.3 Å². The lowest BCUT2D eigenvalue weighted by atomic mass is 10.1. The van der Waals surface area contributed by atoms with Crippen LogP contribution in [0.4, 0.5) is 4.39 Å². The van der Waals surface area contributed by atoms with Crippen molar-refractivity contribution < 1.29 is 4.39 Å². The molecule has 0 aliphatic heterocycles. The van der Waals surface area contributed by atoms with Gasteiger partial charge < -0.3 is 0 Å². The number of hydrogen-bond acceptors (Lipinski definition) is 1. The minimum absolute atomic E-state index is 0.0396. The molecule has 2 aromatic rings. The second-order valence-corrected chi connectivity index (χ2v) is 4.60. The summed E-state index contributed by atoms with van der Waals surface area (Å²) in [6.07, 6.45) is 0.753. The van der Waals surface area contributed by atoms with E-state index in [4.69, 9.17) is 0 Å². The van der Waals surface area contributed by atoms with Gasteiger partial charge in [0.25, 0.3) is 0 Å². The van der Waals surface area contributed by atoms with Crippen LogP contribution in [0.2, 0.25) is 0 Å². The number of thiophene rings is 1. The third-order valence-corrected chi connectivity index (χ3v) is 4.01. The minimum Gasteiger partial charge on any atom is -0.205 e. The third kappa shape index (κ3) is 1.48. The average molecular weight is 273 g/mol. The summed E-state index contributed by atoms with van der Waals surface area (Å²) in [5.74, 6) is -0.0396. The molecule has 3 heteroatoms. The second kappa shape index (κ2) is 3.99. The van der Waals surface area contributed by atoms with E-state index in [2.05, 4.69) is 15.9 Å². The van der Waals surface area contributed by atoms with E-state index in [0.29, 0.717) is 0 Å². The smallest absolute Gasteiger partial charge is 0.144 e. The molecule has 0 spiro atoms. The van der Waals surface area contributed by atoms with Gasteiger partial charge in [0.05, 0.1) is 4.70 Å². The number of aryl methyl sites for hydroxylation is 1. The summed E-state index contributed by atoms with van der Waals surface area (Å²) in [6, 6.07) is 3.90. The molecule has 0 aliphatic rings. The first-order chi connectivity index (χ1) is 6.77. The highest BCUT2D eigenvalue weighted by Crippen LogP contribution is 2.31. The summed E-state index contributed by atoms with van der Waals surface area (Å²) in [5.41, 5.74) is 1.98. The maximum Gasteiger partial charge on any atom is 0.144 e. The van der Waals surface area contributed by atoms with Gasteiger partial charge in [-0.3, -0.25) is 0 Å². The standard InChI is InChI=1S/C11H10BrFS/c1-2-7-3-4-9-8(5-12)6-14-11(9)10(7)13/h3-4,6H,2,5H2,1H3. The molecule has 0 nitrogen and oxygen atoms in total. The molecule has 0 saturated heterocycles. The molecule has 0 saturated carbocycles. The zero-order valence-corrected chi connectivity index (χ0v) is 10.2. The van der Waals surface area contributed by atoms with Crippen molar-refractivity contribution in [1.82, 2.24) is 0 Å². The lowest BCUT2D eigenvalue weighted by Crippen LogP contribution is -1.87. The minimum atomic E-state index is -0.0396. The quantitative estimate of drug-likeness (QED) is 0.707. The van der Waals surface area contributed by atoms with Gasteiger partial charge in [0, 0.05) is 5.33 Å². The van der Waals surface area contributed by atoms with Gasteiger partial charge >= 0.3 is 0 Å². The first-order valence-corrected chi connectivity index (χ1v) is 6.51. The van der Waals surface area contributed by atoms with Gasteiger partial charge in [-0.25, -0.2) is 4.39 Å². The van der Waals surface area contributed by atoms with Crippen molar-refractivity contribution in [2.45, 2.75) is 18.7 Å². The van der Waals surface area contributed by atoms with Crippen LogP contribution in [0.15, 0.2) is 17.5 Å². The Bertz CT molecular complexity index is 462. The Balaban J connectivity index is 2.72. The van der Waals surface area contributed by atoms with E-state index in [1.165, 1.54) is 16.9 Å². The maximum atomic E-state index is 13.8. The Hall–Kier alpha value is -0.410. The SMILES string of the molecule is CCc1ccc2c(CBr)csc2c1F. The predicted molar refractivity (Wildman–Crippen MR) is 63.8 cm³/mol. The van der Waals surface area contributed by atoms with Crippen LogP contribution in [0.5, 0.6) is 0 Å². The number of rotatable bonds is 2. The molecule has 0 bridgehead atoms. The number of benzene rings is 1. The Labute approximate surface area is 94.9 Å². The summed E-state index contributed by atoms with van der Waals surface area (Å²) in [5, 5.41) is 3.85. The van der Waals surface area contributed by atoms with Gasteiger partial charge in [-0.2, -0.15) is 0 Å². The molecule has 2 rings (SSSR count). The van der Waals surface area contributed by atoms with Gasteiger partial charge in [0.1, 0.15) is 5.82 Å². The van der Waals surface area contributed by atoms with Crippen molar-refractivity contribution in [1.29, 1.82) is 0 Å². The Morgan fingerprint density at radius 3 is 2.79 bits per heavy atom. The molecule has 0 aliphatic carbocycles. The molecule has 0 N–H and O–H groups in total. The highest BCUT2D eigenvalue weighted by Gasteiger charge is 2.10. The lowest BCUT2D eigenvalue weighted by molar-refractivity contribution is 0.626. The molecule has 0 atom stereocenters. The topological polar surface area (TPSA) is 0 Å². The monoisotopic (exact) mass is 272 g/mol. The number of hydrogen-bond donors (Lipinski definition) is 0. The van der Waals surface area contributed by atoms with Gasteiger partial charge in [-0.05, 0) is 28.3 Å². The largest absolute Gasteiger partial charge is 0.205 e. The van der Waals surface area contributed by atoms with Gasteiger partial charge in [-0.1, -0.05) is 35.0 Å². The van der Waals surface area contributed by atoms with Crippen molar-refractivity contribution in [3.8, 4) is 0 Å². The molecular formula is C11H10BrFS. The van der Waals surface area contributed by atoms with E-state index < -0.39 is 0 Å². The first-order valence-electron chi connectivity index (χ1n) is 4.51. The summed E-state index contributed by atoms with van der Waals surface area (Å²) in [6.45, 7) is 1.98. The molecule has 0 unspecified atom stereocenters. The molecule has 0 radical (unpaired) electrons. The van der Waals surface area contributed by atoms with E-state index in [9.17, 15) is 4.39 Å². The van der Waals surface area contributed by atoms with Gasteiger partial charge in [0.2, 0.25) is 0 Å². The zero-order valence-electron chi connectivity index (χ0n) is 7.81. The predicted octanol–water partition coefficient (Wildman–Crippen LogP) is 4.50. The van der Waals surface area contributed by atoms with Crippen LogP contribution in [0, 0.1) is 5.82 Å². The summed E-state index contributed by atoms with van der Waals surface area (Å²) < 4.78 is 14.6. The average Bonchev–Trinajstić information content (AvgIpc) is 2.62. The Morgan fingerprint density at radius 2 is 2.14 bits per heavy atom. The van der Waals surface area contributed by atoms with E-state index in [-0.39, 0.29) is 5.82 Å². The fourth-order valence-corrected chi connectivity index (χ4v) is 3.24. The molecule has 1 heterocycles. The van der Waals surface area contributed by atoms with Crippen LogP contribution in [-0.2, 0) is 11.8 Å². The third-order valence-electron chi connectivity index (χ3n) is 2.37. The van der Waals surface area contributed by atoms with Crippen molar-refractivity contribution in [3.63, 3.8) is 0 Å². The lowest BCUT2D eigenvalue weighted by Gasteiger charge is -2.00. The number of fused-ring (bicyclic) bond motifs is 1. The van der Waals surface area contributed by atoms with Crippen LogP contribution in [0.1, 0.15) is 18.1 Å². The second-order valence-electron chi connectivity index (χ2n) is 3.16. The first kappa shape index (κ1) is 10.1. The van der Waals surface area contributed by atoms with Crippen LogP contribution in [0.25, 0.3) is 10.1 Å². The van der Waals surface area contributed by atoms with Crippen LogP contribution < -0.4 is 0 Å². The Morgan fingerprint density at radius 1 is 1.36 bits per heavy atom. The summed E-state index contributed by atoms with van der Waals surface area (Å²) in [7, 11) is 0. The Kier molecular flexibility index (Phi) is 2.88. The van der Waals surface area contributed by atoms with Gasteiger partial charge in [0.15, 0.2) is 0 Å². The molecule has 0 fully saturated rings. The maximum absolute atomic E-state index is 13.8. The van der Waals surface area contributed by atoms with E-state index in [1.54, 1.807) is 0 Å². The molecule has 74 valence electrons. The normalized spacial score (nSPS) is 11.1. The number of halogens is 2. The molecule has 1 aromatic heterocycles. The fourth-order valence-electron chi connectivity index (χ4n) is 1.53. The van der Waals surface area contributed by atoms with E-state index in [0.717, 1.165) is 27.4 Å². The summed E-state index contributed by atoms with van der Waals surface area (Å²) in [4.78, 5) is 0. The summed E-state index contributed by atoms with van der Waals surface area (Å²) >= 11 is 4.89. The van der Waals surface area contributed by atoms with Crippen LogP contribution >= 0.6 is 27.3 Å². The van der Waals surface area contributed by atoms with Crippen LogP contribution in [-0.4, -0.2) is 0 Å². The highest BCUT2D eigenvalue weighted by molar-refractivity contribution is 9.08. The molecular weight excluding hydrogens is 263 g/mol. The molecule has 0 amide bonds. The van der Waals surface area contributed by atoms with Crippen molar-refractivity contribution in [2.24, 2.45) is 0 Å². The van der Waals surface area contributed by atoms with E-state index >= 15 is 0 Å². The zero-order chi connectivity index (χ0) is 10.1. The van der Waals surface area contributed by atoms with Crippen LogP contribution in [0.3, 0.4) is 0 Å². The number of alkyl halides is 1. The van der Waals surface area contributed by atoms with Crippen molar-refractivity contribution in [3.05, 3.63) is 34.5 Å². The molecule has 14 heavy (non-hydrogen) atoms. The van der Waals surface area contributed by atoms with Crippen molar-refractivity contribution in [2.75, 3.05) is 0 Å². The molecule has 1 aromatic carbocycles. The van der Waals surface area contributed by atoms with E-state index in [1.807, 2.05) is 24.4 Å².